The van der Waals surface area contributed by atoms with E-state index in [0.29, 0.717) is 13.1 Å². The van der Waals surface area contributed by atoms with Gasteiger partial charge in [-0.1, -0.05) is 45.0 Å². The maximum atomic E-state index is 13.3. The van der Waals surface area contributed by atoms with Crippen LogP contribution in [0.1, 0.15) is 67.0 Å². The van der Waals surface area contributed by atoms with Crippen LogP contribution >= 0.6 is 0 Å². The molecule has 3 aromatic rings. The molecule has 2 aliphatic heterocycles. The third kappa shape index (κ3) is 6.97. The fraction of sp³-hybridized carbons (Fsp3) is 0.488. The van der Waals surface area contributed by atoms with E-state index in [1.54, 1.807) is 31.9 Å². The van der Waals surface area contributed by atoms with Crippen LogP contribution in [0, 0.1) is 30.6 Å². The highest BCUT2D eigenvalue weighted by molar-refractivity contribution is 5.97. The van der Waals surface area contributed by atoms with Crippen LogP contribution in [-0.4, -0.2) is 71.1 Å². The minimum atomic E-state index is -0.239. The summed E-state index contributed by atoms with van der Waals surface area (Å²) in [4.78, 5) is 32.8. The lowest BCUT2D eigenvalue weighted by Gasteiger charge is -2.43. The summed E-state index contributed by atoms with van der Waals surface area (Å²) in [5, 5.41) is 9.71. The van der Waals surface area contributed by atoms with Crippen molar-refractivity contribution < 1.29 is 14.3 Å². The van der Waals surface area contributed by atoms with E-state index >= 15 is 0 Å². The number of nitrogens with zero attached hydrogens (tertiary/aromatic N) is 5. The van der Waals surface area contributed by atoms with Gasteiger partial charge in [0.1, 0.15) is 23.1 Å². The van der Waals surface area contributed by atoms with Gasteiger partial charge in [0, 0.05) is 75.7 Å². The smallest absolute Gasteiger partial charge is 0.264 e. The van der Waals surface area contributed by atoms with Crippen molar-refractivity contribution in [2.75, 3.05) is 40.4 Å². The van der Waals surface area contributed by atoms with Gasteiger partial charge in [-0.3, -0.25) is 19.4 Å². The number of amides is 1. The summed E-state index contributed by atoms with van der Waals surface area (Å²) in [6.45, 7) is 15.6. The first-order valence-corrected chi connectivity index (χ1v) is 17.7. The largest absolute Gasteiger partial charge is 0.496 e. The molecule has 1 saturated heterocycles. The molecule has 9 heteroatoms. The Morgan fingerprint density at radius 2 is 1.72 bits per heavy atom. The molecule has 3 aliphatic rings. The highest BCUT2D eigenvalue weighted by atomic mass is 16.5. The molecule has 2 aromatic carbocycles. The van der Waals surface area contributed by atoms with Crippen molar-refractivity contribution in [3.05, 3.63) is 91.9 Å². The van der Waals surface area contributed by atoms with Gasteiger partial charge < -0.3 is 18.9 Å². The van der Waals surface area contributed by atoms with E-state index < -0.39 is 0 Å². The predicted octanol–water partition coefficient (Wildman–Crippen LogP) is 5.92. The second-order valence-electron chi connectivity index (χ2n) is 15.5. The first-order valence-electron chi connectivity index (χ1n) is 17.7. The highest BCUT2D eigenvalue weighted by Crippen LogP contribution is 2.46. The molecule has 1 aliphatic carbocycles. The van der Waals surface area contributed by atoms with Crippen LogP contribution in [0.3, 0.4) is 0 Å². The maximum Gasteiger partial charge on any atom is 0.264 e. The third-order valence-electron chi connectivity index (χ3n) is 10.9. The lowest BCUT2D eigenvalue weighted by Crippen LogP contribution is -2.54. The molecular formula is C41H51N5O4. The minimum absolute atomic E-state index is 0.0139. The monoisotopic (exact) mass is 677 g/mol. The normalized spacial score (nSPS) is 17.7. The fourth-order valence-corrected chi connectivity index (χ4v) is 7.84. The molecule has 9 nitrogen and oxygen atoms in total. The summed E-state index contributed by atoms with van der Waals surface area (Å²) in [6, 6.07) is 12.8. The number of aromatic nitrogens is 1. The zero-order chi connectivity index (χ0) is 36.0. The van der Waals surface area contributed by atoms with Crippen LogP contribution in [0.15, 0.2) is 53.0 Å². The number of methoxy groups -OCH3 is 2. The zero-order valence-corrected chi connectivity index (χ0v) is 31.0. The summed E-state index contributed by atoms with van der Waals surface area (Å²) < 4.78 is 13.6. The van der Waals surface area contributed by atoms with Gasteiger partial charge in [0.15, 0.2) is 0 Å². The number of pyridine rings is 1. The Morgan fingerprint density at radius 3 is 2.34 bits per heavy atom. The minimum Gasteiger partial charge on any atom is -0.496 e. The standard InChI is InChI=1S/C41H51N5O4/c1-27-28(2)38(47)43(6)24-34(27)31-18-36(49-7)35(37(19-31)50-8)25-44-16-17-46(41(26-44)13-14-41)23-30-11-9-10-29-22-45(15-12-33(29)30)39(48)32(21-42)20-40(3,4)5/h9-11,18-20,24H,12-17,22-23,25-26H2,1-8H3/b32-20+. The molecule has 2 fully saturated rings. The first-order chi connectivity index (χ1) is 23.8. The summed E-state index contributed by atoms with van der Waals surface area (Å²) in [5.74, 6) is 1.40. The molecule has 3 heterocycles. The molecule has 1 spiro atoms. The van der Waals surface area contributed by atoms with Crippen LogP contribution in [0.2, 0.25) is 0 Å². The van der Waals surface area contributed by atoms with Gasteiger partial charge in [0.2, 0.25) is 0 Å². The van der Waals surface area contributed by atoms with E-state index in [4.69, 9.17) is 9.47 Å². The molecule has 1 amide bonds. The van der Waals surface area contributed by atoms with E-state index in [1.165, 1.54) is 29.5 Å². The fourth-order valence-electron chi connectivity index (χ4n) is 7.84. The SMILES string of the molecule is COc1cc(-c2cn(C)c(=O)c(C)c2C)cc(OC)c1CN1CCN(Cc2cccc3c2CCN(C(=O)/C(C#N)=C/C(C)(C)C)C3)C2(CC2)C1. The number of ether oxygens (including phenoxy) is 2. The molecule has 0 N–H and O–H groups in total. The average molecular weight is 678 g/mol. The van der Waals surface area contributed by atoms with Gasteiger partial charge >= 0.3 is 0 Å². The summed E-state index contributed by atoms with van der Waals surface area (Å²) in [5.41, 5.74) is 8.74. The Hall–Kier alpha value is -4.39. The lowest BCUT2D eigenvalue weighted by molar-refractivity contribution is -0.127. The van der Waals surface area contributed by atoms with Crippen molar-refractivity contribution in [2.45, 2.75) is 79.1 Å². The number of carbonyl (C=O) groups excluding carboxylic acids is 1. The molecule has 264 valence electrons. The Bertz CT molecular complexity index is 1920. The van der Waals surface area contributed by atoms with E-state index in [0.717, 1.165) is 78.5 Å². The highest BCUT2D eigenvalue weighted by Gasteiger charge is 2.51. The number of rotatable bonds is 8. The van der Waals surface area contributed by atoms with Gasteiger partial charge in [0.05, 0.1) is 19.8 Å². The molecule has 50 heavy (non-hydrogen) atoms. The van der Waals surface area contributed by atoms with Crippen LogP contribution < -0.4 is 15.0 Å². The lowest BCUT2D eigenvalue weighted by atomic mass is 9.91. The molecular weight excluding hydrogens is 626 g/mol. The number of fused-ring (bicyclic) bond motifs is 1. The van der Waals surface area contributed by atoms with Crippen molar-refractivity contribution in [1.82, 2.24) is 19.3 Å². The van der Waals surface area contributed by atoms with Crippen molar-refractivity contribution in [1.29, 1.82) is 5.26 Å². The zero-order valence-electron chi connectivity index (χ0n) is 31.0. The molecule has 6 rings (SSSR count). The summed E-state index contributed by atoms with van der Waals surface area (Å²) in [6.07, 6.45) is 6.83. The quantitative estimate of drug-likeness (QED) is 0.216. The van der Waals surface area contributed by atoms with Gasteiger partial charge in [-0.2, -0.15) is 5.26 Å². The second kappa shape index (κ2) is 13.7. The maximum absolute atomic E-state index is 13.3. The average Bonchev–Trinajstić information content (AvgIpc) is 3.87. The number of hydrogen-bond acceptors (Lipinski definition) is 7. The topological polar surface area (TPSA) is 91.0 Å². The van der Waals surface area contributed by atoms with Crippen molar-refractivity contribution >= 4 is 5.91 Å². The van der Waals surface area contributed by atoms with Gasteiger partial charge in [-0.25, -0.2) is 0 Å². The van der Waals surface area contributed by atoms with Gasteiger partial charge in [-0.15, -0.1) is 0 Å². The van der Waals surface area contributed by atoms with Crippen LogP contribution in [0.5, 0.6) is 11.5 Å². The summed E-state index contributed by atoms with van der Waals surface area (Å²) in [7, 11) is 5.21. The molecule has 0 bridgehead atoms. The number of aryl methyl sites for hydroxylation is 1. The summed E-state index contributed by atoms with van der Waals surface area (Å²) >= 11 is 0. The van der Waals surface area contributed by atoms with E-state index in [2.05, 4.69) is 46.2 Å². The Labute approximate surface area is 296 Å². The molecule has 1 saturated carbocycles. The van der Waals surface area contributed by atoms with E-state index in [-0.39, 0.29) is 28.0 Å². The predicted molar refractivity (Wildman–Crippen MR) is 196 cm³/mol. The number of carbonyl (C=O) groups is 1. The second-order valence-corrected chi connectivity index (χ2v) is 15.5. The molecule has 1 aromatic heterocycles. The number of hydrogen-bond donors (Lipinski definition) is 0. The molecule has 0 unspecified atom stereocenters. The van der Waals surface area contributed by atoms with Crippen molar-refractivity contribution in [3.8, 4) is 28.7 Å². The van der Waals surface area contributed by atoms with Gasteiger partial charge in [0.25, 0.3) is 11.5 Å². The Kier molecular flexibility index (Phi) is 9.73. The Morgan fingerprint density at radius 1 is 1.02 bits per heavy atom. The third-order valence-corrected chi connectivity index (χ3v) is 10.9. The van der Waals surface area contributed by atoms with Crippen molar-refractivity contribution in [3.63, 3.8) is 0 Å². The first kappa shape index (κ1) is 35.4. The number of nitriles is 1. The molecule has 0 radical (unpaired) electrons. The number of benzene rings is 2. The van der Waals surface area contributed by atoms with Crippen LogP contribution in [-0.2, 0) is 37.9 Å². The number of allylic oxidation sites excluding steroid dienone is 1. The van der Waals surface area contributed by atoms with E-state index in [9.17, 15) is 14.9 Å². The number of piperazine rings is 1. The van der Waals surface area contributed by atoms with Crippen molar-refractivity contribution in [2.24, 2.45) is 12.5 Å². The molecule has 0 atom stereocenters. The van der Waals surface area contributed by atoms with E-state index in [1.807, 2.05) is 45.7 Å². The van der Waals surface area contributed by atoms with Crippen LogP contribution in [0.25, 0.3) is 11.1 Å². The Balaban J connectivity index is 1.17. The van der Waals surface area contributed by atoms with Gasteiger partial charge in [-0.05, 0) is 78.5 Å². The van der Waals surface area contributed by atoms with Crippen LogP contribution in [0.4, 0.5) is 0 Å².